The molecule has 0 aromatic carbocycles. The fourth-order valence-corrected chi connectivity index (χ4v) is 3.21. The van der Waals surface area contributed by atoms with Crippen LogP contribution in [0.15, 0.2) is 61.2 Å². The van der Waals surface area contributed by atoms with Crippen LogP contribution >= 0.6 is 0 Å². The number of pyridine rings is 2. The average Bonchev–Trinajstić information content (AvgIpc) is 2.68. The number of rotatable bonds is 11. The molecule has 0 unspecified atom stereocenters. The van der Waals surface area contributed by atoms with E-state index in [1.807, 2.05) is 0 Å². The highest BCUT2D eigenvalue weighted by Crippen LogP contribution is 2.04. The predicted molar refractivity (Wildman–Crippen MR) is 118 cm³/mol. The molecule has 0 saturated heterocycles. The van der Waals surface area contributed by atoms with Crippen LogP contribution in [-0.2, 0) is 13.1 Å². The van der Waals surface area contributed by atoms with Crippen molar-refractivity contribution < 1.29 is 9.13 Å². The summed E-state index contributed by atoms with van der Waals surface area (Å²) in [4.78, 5) is 0. The van der Waals surface area contributed by atoms with E-state index < -0.39 is 0 Å². The zero-order valence-electron chi connectivity index (χ0n) is 18.3. The van der Waals surface area contributed by atoms with E-state index in [9.17, 15) is 0 Å². The molecule has 0 aliphatic carbocycles. The molecule has 0 N–H and O–H groups in total. The molecule has 0 aliphatic rings. The average molecular weight is 379 g/mol. The molecule has 2 rings (SSSR count). The molecule has 2 nitrogen and oxygen atoms in total. The Labute approximate surface area is 172 Å². The van der Waals surface area contributed by atoms with Gasteiger partial charge in [-0.3, -0.25) is 0 Å². The maximum absolute atomic E-state index is 2.31. The summed E-state index contributed by atoms with van der Waals surface area (Å²) < 4.78 is 4.62. The Morgan fingerprint density at radius 3 is 1.43 bits per heavy atom. The highest BCUT2D eigenvalue weighted by Gasteiger charge is 2.03. The van der Waals surface area contributed by atoms with Crippen LogP contribution in [0.4, 0.5) is 0 Å². The molecular weight excluding hydrogens is 340 g/mol. The van der Waals surface area contributed by atoms with Crippen molar-refractivity contribution in [2.24, 2.45) is 0 Å². The molecule has 0 saturated carbocycles. The largest absolute Gasteiger partial charge is 0.205 e. The molecule has 0 atom stereocenters. The van der Waals surface area contributed by atoms with Gasteiger partial charge in [-0.05, 0) is 64.5 Å². The zero-order valence-corrected chi connectivity index (χ0v) is 18.3. The summed E-state index contributed by atoms with van der Waals surface area (Å²) in [6.07, 6.45) is 25.2. The smallest absolute Gasteiger partial charge is 0.171 e. The molecule has 0 fully saturated rings. The van der Waals surface area contributed by atoms with Crippen molar-refractivity contribution in [3.8, 4) is 0 Å². The van der Waals surface area contributed by atoms with Crippen molar-refractivity contribution >= 4 is 0 Å². The van der Waals surface area contributed by atoms with Crippen molar-refractivity contribution in [3.05, 3.63) is 83.5 Å². The summed E-state index contributed by atoms with van der Waals surface area (Å²) in [5.74, 6) is 0. The minimum atomic E-state index is 1.11. The summed E-state index contributed by atoms with van der Waals surface area (Å²) in [7, 11) is 0. The lowest BCUT2D eigenvalue weighted by atomic mass is 10.1. The highest BCUT2D eigenvalue weighted by atomic mass is 14.9. The summed E-state index contributed by atoms with van der Waals surface area (Å²) in [5, 5.41) is 0. The van der Waals surface area contributed by atoms with Crippen molar-refractivity contribution in [2.75, 3.05) is 0 Å². The first-order valence-electron chi connectivity index (χ1n) is 10.8. The lowest BCUT2D eigenvalue weighted by Crippen LogP contribution is -2.33. The van der Waals surface area contributed by atoms with Crippen LogP contribution in [0.2, 0.25) is 0 Å². The molecule has 2 aromatic rings. The fourth-order valence-electron chi connectivity index (χ4n) is 3.21. The van der Waals surface area contributed by atoms with E-state index in [4.69, 9.17) is 0 Å². The number of hydrogen-bond donors (Lipinski definition) is 0. The minimum absolute atomic E-state index is 1.11. The van der Waals surface area contributed by atoms with Crippen molar-refractivity contribution in [1.29, 1.82) is 0 Å². The quantitative estimate of drug-likeness (QED) is 0.271. The SMILES string of the molecule is Cc1cc[n+](CCCCC=CC=CCCCC[n+]2ccc(C)c(C)c2)cc1C. The number of hydrogen-bond acceptors (Lipinski definition) is 0. The Morgan fingerprint density at radius 2 is 1.04 bits per heavy atom. The lowest BCUT2D eigenvalue weighted by molar-refractivity contribution is -0.697. The number of aryl methyl sites for hydroxylation is 6. The van der Waals surface area contributed by atoms with Crippen molar-refractivity contribution in [3.63, 3.8) is 0 Å². The van der Waals surface area contributed by atoms with Crippen LogP contribution in [-0.4, -0.2) is 0 Å². The first-order chi connectivity index (χ1) is 13.6. The summed E-state index contributed by atoms with van der Waals surface area (Å²) >= 11 is 0. The second kappa shape index (κ2) is 12.3. The molecule has 150 valence electrons. The first-order valence-corrected chi connectivity index (χ1v) is 10.8. The number of allylic oxidation sites excluding steroid dienone is 4. The molecule has 2 aromatic heterocycles. The van der Waals surface area contributed by atoms with Crippen LogP contribution in [0.1, 0.15) is 60.8 Å². The first kappa shape index (κ1) is 22.1. The number of nitrogens with zero attached hydrogens (tertiary/aromatic N) is 2. The zero-order chi connectivity index (χ0) is 20.2. The van der Waals surface area contributed by atoms with Gasteiger partial charge in [0.1, 0.15) is 13.1 Å². The molecule has 0 aliphatic heterocycles. The van der Waals surface area contributed by atoms with E-state index in [2.05, 4.69) is 98.1 Å². The molecule has 0 spiro atoms. The van der Waals surface area contributed by atoms with E-state index in [1.54, 1.807) is 0 Å². The Kier molecular flexibility index (Phi) is 9.68. The maximum atomic E-state index is 2.31. The third kappa shape index (κ3) is 8.21. The molecule has 2 heteroatoms. The number of unbranched alkanes of at least 4 members (excludes halogenated alkanes) is 4. The topological polar surface area (TPSA) is 7.76 Å². The van der Waals surface area contributed by atoms with Gasteiger partial charge in [0.2, 0.25) is 0 Å². The van der Waals surface area contributed by atoms with Gasteiger partial charge >= 0.3 is 0 Å². The van der Waals surface area contributed by atoms with E-state index in [0.717, 1.165) is 13.1 Å². The van der Waals surface area contributed by atoms with Crippen LogP contribution in [0.25, 0.3) is 0 Å². The van der Waals surface area contributed by atoms with Crippen molar-refractivity contribution in [2.45, 2.75) is 79.3 Å². The van der Waals surface area contributed by atoms with Gasteiger partial charge in [-0.25, -0.2) is 9.13 Å². The molecule has 0 amide bonds. The number of aromatic nitrogens is 2. The van der Waals surface area contributed by atoms with E-state index in [0.29, 0.717) is 0 Å². The summed E-state index contributed by atoms with van der Waals surface area (Å²) in [6.45, 7) is 10.9. The van der Waals surface area contributed by atoms with E-state index in [-0.39, 0.29) is 0 Å². The second-order valence-corrected chi connectivity index (χ2v) is 7.95. The van der Waals surface area contributed by atoms with Crippen LogP contribution in [0, 0.1) is 27.7 Å². The Bertz CT molecular complexity index is 720. The molecular formula is C26H38N2+2. The lowest BCUT2D eigenvalue weighted by Gasteiger charge is -2.00. The van der Waals surface area contributed by atoms with Crippen LogP contribution < -0.4 is 9.13 Å². The molecule has 0 radical (unpaired) electrons. The summed E-state index contributed by atoms with van der Waals surface area (Å²) in [5.41, 5.74) is 5.49. The Balaban J connectivity index is 1.50. The molecule has 28 heavy (non-hydrogen) atoms. The predicted octanol–water partition coefficient (Wildman–Crippen LogP) is 5.65. The summed E-state index contributed by atoms with van der Waals surface area (Å²) in [6, 6.07) is 4.42. The minimum Gasteiger partial charge on any atom is -0.205 e. The van der Waals surface area contributed by atoms with Gasteiger partial charge in [0.25, 0.3) is 0 Å². The fraction of sp³-hybridized carbons (Fsp3) is 0.462. The van der Waals surface area contributed by atoms with Gasteiger partial charge in [0.05, 0.1) is 0 Å². The highest BCUT2D eigenvalue weighted by molar-refractivity contribution is 5.17. The van der Waals surface area contributed by atoms with Crippen molar-refractivity contribution in [1.82, 2.24) is 0 Å². The third-order valence-corrected chi connectivity index (χ3v) is 5.45. The van der Waals surface area contributed by atoms with E-state index >= 15 is 0 Å². The van der Waals surface area contributed by atoms with Gasteiger partial charge in [0, 0.05) is 36.1 Å². The van der Waals surface area contributed by atoms with Crippen LogP contribution in [0.3, 0.4) is 0 Å². The Morgan fingerprint density at radius 1 is 0.607 bits per heavy atom. The second-order valence-electron chi connectivity index (χ2n) is 7.95. The molecule has 0 bridgehead atoms. The maximum Gasteiger partial charge on any atom is 0.171 e. The van der Waals surface area contributed by atoms with Gasteiger partial charge in [-0.15, -0.1) is 0 Å². The molecule has 2 heterocycles. The van der Waals surface area contributed by atoms with Gasteiger partial charge in [0.15, 0.2) is 24.8 Å². The normalized spacial score (nSPS) is 11.7. The van der Waals surface area contributed by atoms with Crippen LogP contribution in [0.5, 0.6) is 0 Å². The van der Waals surface area contributed by atoms with Gasteiger partial charge in [-0.2, -0.15) is 0 Å². The standard InChI is InChI=1S/C26H38N2/c1-23-15-19-27(21-25(23)3)17-13-11-9-7-5-6-8-10-12-14-18-28-20-16-24(2)26(4)22-28/h5-8,15-16,19-22H,9-14,17-18H2,1-4H3/q+2. The Hall–Kier alpha value is -2.22. The van der Waals surface area contributed by atoms with Gasteiger partial charge < -0.3 is 0 Å². The third-order valence-electron chi connectivity index (χ3n) is 5.45. The van der Waals surface area contributed by atoms with E-state index in [1.165, 1.54) is 60.8 Å². The monoisotopic (exact) mass is 378 g/mol. The van der Waals surface area contributed by atoms with Gasteiger partial charge in [-0.1, -0.05) is 24.3 Å².